The molecule has 0 heterocycles. The molecule has 5 rings (SSSR count). The van der Waals surface area contributed by atoms with Crippen molar-refractivity contribution in [2.45, 2.75) is 107 Å². The molecule has 9 heteroatoms. The monoisotopic (exact) mass is 710 g/mol. The number of carbonyl (C=O) groups is 1. The third-order valence-corrected chi connectivity index (χ3v) is 13.1. The van der Waals surface area contributed by atoms with Gasteiger partial charge in [0.1, 0.15) is 23.0 Å². The van der Waals surface area contributed by atoms with E-state index in [2.05, 4.69) is 93.6 Å². The largest absolute Gasteiger partial charge is 0.748 e. The number of fused-ring (bicyclic) bond motifs is 2. The first-order valence-corrected chi connectivity index (χ1v) is 20.6. The molecule has 0 N–H and O–H groups in total. The first kappa shape index (κ1) is 38.8. The van der Waals surface area contributed by atoms with Gasteiger partial charge in [-0.25, -0.2) is 8.42 Å². The van der Waals surface area contributed by atoms with Gasteiger partial charge in [0.15, 0.2) is 14.7 Å². The Hall–Kier alpha value is -3.01. The summed E-state index contributed by atoms with van der Waals surface area (Å²) in [5.74, 6) is 2.51. The van der Waals surface area contributed by atoms with E-state index >= 15 is 0 Å². The molecule has 7 nitrogen and oxygen atoms in total. The van der Waals surface area contributed by atoms with Crippen LogP contribution in [0.3, 0.4) is 0 Å². The summed E-state index contributed by atoms with van der Waals surface area (Å²) >= 11 is 0. The van der Waals surface area contributed by atoms with Crippen LogP contribution in [0.5, 0.6) is 17.2 Å². The van der Waals surface area contributed by atoms with Gasteiger partial charge in [0, 0.05) is 11.8 Å². The van der Waals surface area contributed by atoms with E-state index in [-0.39, 0.29) is 28.0 Å². The molecule has 0 spiro atoms. The number of ether oxygens (including phenoxy) is 3. The van der Waals surface area contributed by atoms with Crippen molar-refractivity contribution in [2.24, 2.45) is 16.7 Å². The lowest BCUT2D eigenvalue weighted by molar-refractivity contribution is -0.128. The molecule has 268 valence electrons. The number of rotatable bonds is 17. The number of hydrogen-bond donors (Lipinski definition) is 0. The van der Waals surface area contributed by atoms with Gasteiger partial charge in [-0.2, -0.15) is 0 Å². The number of Topliss-reactive ketones (excluding diaryl/α,β-unsaturated/α-hetero) is 1. The fraction of sp³-hybridized carbons (Fsp3) is 0.525. The van der Waals surface area contributed by atoms with Crippen LogP contribution in [0.4, 0.5) is 0 Å². The van der Waals surface area contributed by atoms with Crippen molar-refractivity contribution in [3.63, 3.8) is 0 Å². The van der Waals surface area contributed by atoms with Crippen molar-refractivity contribution in [3.05, 3.63) is 72.8 Å². The second kappa shape index (κ2) is 17.8. The Kier molecular flexibility index (Phi) is 14.1. The van der Waals surface area contributed by atoms with Crippen LogP contribution in [0.25, 0.3) is 0 Å². The molecule has 2 aliphatic rings. The second-order valence-electron chi connectivity index (χ2n) is 13.7. The highest BCUT2D eigenvalue weighted by Crippen LogP contribution is 2.64. The summed E-state index contributed by atoms with van der Waals surface area (Å²) in [4.78, 5) is 15.6. The summed E-state index contributed by atoms with van der Waals surface area (Å²) in [6.07, 6.45) is 8.51. The maximum Gasteiger partial charge on any atom is 0.166 e. The van der Waals surface area contributed by atoms with E-state index in [0.717, 1.165) is 82.0 Å². The van der Waals surface area contributed by atoms with Gasteiger partial charge in [-0.15, -0.1) is 0 Å². The average molecular weight is 711 g/mol. The lowest BCUT2D eigenvalue weighted by Crippen LogP contribution is -2.42. The standard InChI is InChI=1S/C30H39O3S.C10H16O4S/c1-4-7-22-31-25-10-16-28(17-11-25)34(29-18-12-26(13-19-29)32-23-8-5-2)30-20-14-27(15-21-30)33-24-9-6-3;1-9(2)7-3-4-10(9,8(11)5-7)6-15(12,13)14/h10-21H,4-9,22-24H2,1-3H3;7H,3-6H2,1-2H3,(H,12,13,14)/q+1;/p-1. The fourth-order valence-corrected chi connectivity index (χ4v) is 10.2. The van der Waals surface area contributed by atoms with Gasteiger partial charge in [-0.1, -0.05) is 53.9 Å². The summed E-state index contributed by atoms with van der Waals surface area (Å²) in [5.41, 5.74) is -1.22. The summed E-state index contributed by atoms with van der Waals surface area (Å²) in [7, 11) is -4.55. The third kappa shape index (κ3) is 10.0. The molecular weight excluding hydrogens is 657 g/mol. The molecule has 0 saturated heterocycles. The Morgan fingerprint density at radius 2 is 1.06 bits per heavy atom. The average Bonchev–Trinajstić information content (AvgIpc) is 3.41. The van der Waals surface area contributed by atoms with Crippen molar-refractivity contribution >= 4 is 26.8 Å². The molecule has 2 saturated carbocycles. The minimum atomic E-state index is -4.33. The van der Waals surface area contributed by atoms with Gasteiger partial charge >= 0.3 is 0 Å². The molecule has 2 fully saturated rings. The molecule has 2 aliphatic carbocycles. The van der Waals surface area contributed by atoms with Crippen molar-refractivity contribution in [2.75, 3.05) is 25.6 Å². The zero-order valence-corrected chi connectivity index (χ0v) is 31.5. The van der Waals surface area contributed by atoms with E-state index in [4.69, 9.17) is 14.2 Å². The second-order valence-corrected chi connectivity index (χ2v) is 17.1. The van der Waals surface area contributed by atoms with Crippen LogP contribution >= 0.6 is 0 Å². The normalized spacial score (nSPS) is 19.4. The Morgan fingerprint density at radius 1 is 0.694 bits per heavy atom. The molecular formula is C40H54O7S2. The summed E-state index contributed by atoms with van der Waals surface area (Å²) in [6.45, 7) is 12.7. The molecule has 0 aliphatic heterocycles. The van der Waals surface area contributed by atoms with Crippen LogP contribution < -0.4 is 14.2 Å². The fourth-order valence-electron chi connectivity index (χ4n) is 6.84. The minimum Gasteiger partial charge on any atom is -0.748 e. The summed E-state index contributed by atoms with van der Waals surface area (Å²) < 4.78 is 50.3. The number of carbonyl (C=O) groups excluding carboxylic acids is 1. The first-order valence-electron chi connectivity index (χ1n) is 17.8. The Morgan fingerprint density at radius 3 is 1.33 bits per heavy atom. The Labute approximate surface area is 297 Å². The predicted octanol–water partition coefficient (Wildman–Crippen LogP) is 9.25. The molecule has 0 radical (unpaired) electrons. The van der Waals surface area contributed by atoms with Crippen LogP contribution in [0.2, 0.25) is 0 Å². The highest BCUT2D eigenvalue weighted by Gasteiger charge is 2.64. The van der Waals surface area contributed by atoms with Gasteiger partial charge < -0.3 is 18.8 Å². The van der Waals surface area contributed by atoms with Crippen LogP contribution in [0, 0.1) is 16.7 Å². The molecule has 2 atom stereocenters. The first-order chi connectivity index (χ1) is 23.4. The highest BCUT2D eigenvalue weighted by molar-refractivity contribution is 7.97. The molecule has 3 aromatic carbocycles. The minimum absolute atomic E-state index is 0.0248. The van der Waals surface area contributed by atoms with Crippen LogP contribution in [0.15, 0.2) is 87.5 Å². The van der Waals surface area contributed by atoms with E-state index in [1.54, 1.807) is 0 Å². The molecule has 2 unspecified atom stereocenters. The van der Waals surface area contributed by atoms with Crippen molar-refractivity contribution in [1.82, 2.24) is 0 Å². The quantitative estimate of drug-likeness (QED) is 0.0782. The molecule has 0 amide bonds. The van der Waals surface area contributed by atoms with Crippen LogP contribution in [-0.4, -0.2) is 44.3 Å². The number of hydrogen-bond acceptors (Lipinski definition) is 7. The molecule has 0 aromatic heterocycles. The van der Waals surface area contributed by atoms with Gasteiger partial charge in [0.05, 0.1) is 46.6 Å². The topological polar surface area (TPSA) is 102 Å². The number of unbranched alkanes of at least 4 members (excludes halogenated alkanes) is 3. The summed E-state index contributed by atoms with van der Waals surface area (Å²) in [5, 5.41) is 0. The van der Waals surface area contributed by atoms with E-state index < -0.39 is 21.3 Å². The van der Waals surface area contributed by atoms with Crippen molar-refractivity contribution in [1.29, 1.82) is 0 Å². The SMILES string of the molecule is CC1(C)C2CCC1(CS(=O)(=O)[O-])C(=O)C2.CCCCOc1ccc([S+](c2ccc(OCCCC)cc2)c2ccc(OCCCC)cc2)cc1. The third-order valence-electron chi connectivity index (χ3n) is 10.0. The summed E-state index contributed by atoms with van der Waals surface area (Å²) in [6, 6.07) is 25.7. The van der Waals surface area contributed by atoms with E-state index in [1.807, 2.05) is 13.8 Å². The lowest BCUT2D eigenvalue weighted by atomic mass is 9.70. The van der Waals surface area contributed by atoms with Crippen molar-refractivity contribution < 1.29 is 32.0 Å². The van der Waals surface area contributed by atoms with Gasteiger partial charge in [0.25, 0.3) is 0 Å². The molecule has 49 heavy (non-hydrogen) atoms. The van der Waals surface area contributed by atoms with Crippen molar-refractivity contribution in [3.8, 4) is 17.2 Å². The predicted molar refractivity (Wildman–Crippen MR) is 196 cm³/mol. The smallest absolute Gasteiger partial charge is 0.166 e. The van der Waals surface area contributed by atoms with Gasteiger partial charge in [0.2, 0.25) is 0 Å². The van der Waals surface area contributed by atoms with E-state index in [1.165, 1.54) is 14.7 Å². The zero-order valence-electron chi connectivity index (χ0n) is 29.9. The Balaban J connectivity index is 0.000000299. The number of ketones is 1. The van der Waals surface area contributed by atoms with E-state index in [9.17, 15) is 17.8 Å². The lowest BCUT2D eigenvalue weighted by Gasteiger charge is -2.37. The van der Waals surface area contributed by atoms with Crippen LogP contribution in [-0.2, 0) is 25.8 Å². The Bertz CT molecular complexity index is 1440. The van der Waals surface area contributed by atoms with Gasteiger partial charge in [-0.05, 0) is 116 Å². The van der Waals surface area contributed by atoms with Gasteiger partial charge in [-0.3, -0.25) is 4.79 Å². The van der Waals surface area contributed by atoms with E-state index in [0.29, 0.717) is 12.8 Å². The maximum absolute atomic E-state index is 11.8. The van der Waals surface area contributed by atoms with Crippen LogP contribution in [0.1, 0.15) is 92.4 Å². The number of benzene rings is 3. The highest BCUT2D eigenvalue weighted by atomic mass is 32.2. The molecule has 2 bridgehead atoms. The maximum atomic E-state index is 11.8. The zero-order chi connectivity index (χ0) is 35.5. The molecule has 3 aromatic rings.